The highest BCUT2D eigenvalue weighted by Crippen LogP contribution is 2.40. The van der Waals surface area contributed by atoms with E-state index < -0.39 is 39.5 Å². The van der Waals surface area contributed by atoms with Crippen molar-refractivity contribution in [3.63, 3.8) is 0 Å². The normalized spacial score (nSPS) is 34.8. The van der Waals surface area contributed by atoms with Gasteiger partial charge in [0.25, 0.3) is 0 Å². The van der Waals surface area contributed by atoms with Crippen LogP contribution in [0.2, 0.25) is 0 Å². The Morgan fingerprint density at radius 2 is 1.74 bits per heavy atom. The van der Waals surface area contributed by atoms with Gasteiger partial charge in [-0.05, 0) is 117 Å². The third-order valence-corrected chi connectivity index (χ3v) is 13.9. The van der Waals surface area contributed by atoms with Gasteiger partial charge in [0.15, 0.2) is 6.29 Å². The van der Waals surface area contributed by atoms with E-state index in [2.05, 4.69) is 32.6 Å². The van der Waals surface area contributed by atoms with Crippen LogP contribution in [0.4, 0.5) is 0 Å². The number of rotatable bonds is 10. The molecule has 3 saturated heterocycles. The minimum Gasteiger partial charge on any atom is -0.497 e. The van der Waals surface area contributed by atoms with Crippen LogP contribution in [-0.4, -0.2) is 137 Å². The number of nitrogens with zero attached hydrogens (tertiary/aromatic N) is 3. The largest absolute Gasteiger partial charge is 0.497 e. The number of benzene rings is 1. The van der Waals surface area contributed by atoms with Gasteiger partial charge >= 0.3 is 5.97 Å². The predicted octanol–water partition coefficient (Wildman–Crippen LogP) is 5.03. The van der Waals surface area contributed by atoms with E-state index in [0.717, 1.165) is 32.4 Å². The molecule has 0 unspecified atom stereocenters. The third kappa shape index (κ3) is 10.7. The Balaban J connectivity index is 1.54. The molecule has 9 atom stereocenters. The second kappa shape index (κ2) is 18.4. The van der Waals surface area contributed by atoms with Crippen molar-refractivity contribution in [2.24, 2.45) is 23.2 Å². The number of esters is 1. The third-order valence-electron chi connectivity index (χ3n) is 12.0. The molecular weight excluding hydrogens is 699 g/mol. The van der Waals surface area contributed by atoms with Crippen LogP contribution in [-0.2, 0) is 33.8 Å². The van der Waals surface area contributed by atoms with Crippen molar-refractivity contribution in [3.8, 4) is 5.75 Å². The molecule has 3 fully saturated rings. The number of carbonyl (C=O) groups excluding carboxylic acids is 1. The van der Waals surface area contributed by atoms with Gasteiger partial charge in [-0.1, -0.05) is 26.8 Å². The van der Waals surface area contributed by atoms with Crippen LogP contribution in [0.15, 0.2) is 29.2 Å². The average Bonchev–Trinajstić information content (AvgIpc) is 3.11. The quantitative estimate of drug-likeness (QED) is 0.323. The Bertz CT molecular complexity index is 1440. The van der Waals surface area contributed by atoms with Crippen molar-refractivity contribution in [3.05, 3.63) is 24.3 Å². The molecule has 0 radical (unpaired) electrons. The molecule has 13 heteroatoms. The van der Waals surface area contributed by atoms with Crippen LogP contribution < -0.4 is 4.74 Å². The molecule has 3 aliphatic heterocycles. The maximum Gasteiger partial charge on any atom is 0.311 e. The summed E-state index contributed by atoms with van der Waals surface area (Å²) in [5.41, 5.74) is -1.57. The molecule has 53 heavy (non-hydrogen) atoms. The van der Waals surface area contributed by atoms with Crippen molar-refractivity contribution < 1.29 is 42.0 Å². The summed E-state index contributed by atoms with van der Waals surface area (Å²) in [6, 6.07) is 6.49. The fourth-order valence-electron chi connectivity index (χ4n) is 9.05. The number of likely N-dealkylation sites (N-methyl/N-ethyl adjacent to an activating group) is 2. The molecule has 304 valence electrons. The van der Waals surface area contributed by atoms with E-state index >= 15 is 0 Å². The number of methoxy groups -OCH3 is 2. The number of ether oxygens (including phenoxy) is 5. The molecule has 0 aliphatic carbocycles. The zero-order valence-corrected chi connectivity index (χ0v) is 35.1. The Labute approximate surface area is 319 Å². The molecule has 4 rings (SSSR count). The molecule has 0 bridgehead atoms. The van der Waals surface area contributed by atoms with Crippen LogP contribution in [0.3, 0.4) is 0 Å². The minimum absolute atomic E-state index is 0.0250. The highest BCUT2D eigenvalue weighted by molar-refractivity contribution is 7.89. The maximum absolute atomic E-state index is 13.9. The lowest BCUT2D eigenvalue weighted by Crippen LogP contribution is -2.58. The smallest absolute Gasteiger partial charge is 0.311 e. The summed E-state index contributed by atoms with van der Waals surface area (Å²) in [5, 5.41) is 11.4. The fraction of sp³-hybridized carbons (Fsp3) is 0.825. The second-order valence-corrected chi connectivity index (χ2v) is 19.1. The highest BCUT2D eigenvalue weighted by atomic mass is 32.2. The lowest BCUT2D eigenvalue weighted by molar-refractivity contribution is -0.298. The molecule has 1 aromatic rings. The van der Waals surface area contributed by atoms with Crippen molar-refractivity contribution in [1.82, 2.24) is 14.1 Å². The predicted molar refractivity (Wildman–Crippen MR) is 205 cm³/mol. The van der Waals surface area contributed by atoms with Crippen molar-refractivity contribution >= 4 is 16.0 Å². The monoisotopic (exact) mass is 767 g/mol. The van der Waals surface area contributed by atoms with E-state index in [9.17, 15) is 18.3 Å². The molecule has 3 heterocycles. The van der Waals surface area contributed by atoms with Crippen LogP contribution in [0.25, 0.3) is 0 Å². The van der Waals surface area contributed by atoms with Crippen molar-refractivity contribution in [2.45, 2.75) is 134 Å². The van der Waals surface area contributed by atoms with Crippen molar-refractivity contribution in [1.29, 1.82) is 0 Å². The molecule has 3 aliphatic rings. The SMILES string of the molecule is CCN1C[C@H](C)C[C@@](C)(OC)[C@H](O[C@@H]2O[C@H](C)C[C@H](N(C)C)[C@H]2O)[C@@H](C)CC(C)(C)C(=O)OC[C@H]1CC1CCN(S(=O)(=O)c2cccc(OC)c2)CC1. The van der Waals surface area contributed by atoms with E-state index in [1.807, 2.05) is 39.8 Å². The van der Waals surface area contributed by atoms with E-state index in [0.29, 0.717) is 38.1 Å². The topological polar surface area (TPSA) is 127 Å². The van der Waals surface area contributed by atoms with Crippen LogP contribution in [0.5, 0.6) is 5.75 Å². The van der Waals surface area contributed by atoms with Gasteiger partial charge in [-0.15, -0.1) is 0 Å². The summed E-state index contributed by atoms with van der Waals surface area (Å²) >= 11 is 0. The molecule has 0 spiro atoms. The first-order valence-electron chi connectivity index (χ1n) is 19.6. The molecule has 0 amide bonds. The Hall–Kier alpha value is -1.84. The van der Waals surface area contributed by atoms with Crippen LogP contribution >= 0.6 is 0 Å². The summed E-state index contributed by atoms with van der Waals surface area (Å²) in [4.78, 5) is 18.6. The number of aliphatic hydroxyl groups excluding tert-OH is 1. The number of carbonyl (C=O) groups is 1. The summed E-state index contributed by atoms with van der Waals surface area (Å²) in [6.07, 6.45) is 1.85. The van der Waals surface area contributed by atoms with Gasteiger partial charge in [0.1, 0.15) is 18.5 Å². The lowest BCUT2D eigenvalue weighted by atomic mass is 9.75. The summed E-state index contributed by atoms with van der Waals surface area (Å²) in [7, 11) is 3.53. The molecule has 0 saturated carbocycles. The Morgan fingerprint density at radius 3 is 2.34 bits per heavy atom. The van der Waals surface area contributed by atoms with Gasteiger partial charge in [0, 0.05) is 44.9 Å². The van der Waals surface area contributed by atoms with Gasteiger partial charge in [-0.25, -0.2) is 8.42 Å². The van der Waals surface area contributed by atoms with Gasteiger partial charge in [-0.3, -0.25) is 9.69 Å². The molecule has 0 aromatic heterocycles. The zero-order chi connectivity index (χ0) is 39.3. The number of cyclic esters (lactones) is 1. The Kier molecular flexibility index (Phi) is 15.2. The standard InChI is InChI=1S/C40H69N3O9S/c1-12-42-25-27(2)23-40(7,49-11)36(52-37-35(44)34(41(8)9)20-29(4)51-37)28(3)24-39(5,6)38(45)50-26-31(42)21-30-16-18-43(19-17-30)53(46,47)33-15-13-14-32(22-33)48-10/h13-15,22,27-31,34-37,44H,12,16-21,23-26H2,1-11H3/t27-,28+,29-,31-,34+,35-,36-,37+,40-/m1/s1. The number of aliphatic hydroxyl groups is 1. The van der Waals surface area contributed by atoms with Crippen molar-refractivity contribution in [2.75, 3.05) is 61.1 Å². The average molecular weight is 768 g/mol. The molecule has 12 nitrogen and oxygen atoms in total. The highest BCUT2D eigenvalue weighted by Gasteiger charge is 2.48. The zero-order valence-electron chi connectivity index (χ0n) is 34.2. The minimum atomic E-state index is -3.64. The number of piperidine rings is 1. The number of sulfonamides is 1. The summed E-state index contributed by atoms with van der Waals surface area (Å²) < 4.78 is 59.5. The van der Waals surface area contributed by atoms with Crippen LogP contribution in [0, 0.1) is 23.2 Å². The first kappa shape index (κ1) is 43.9. The summed E-state index contributed by atoms with van der Waals surface area (Å²) in [6.45, 7) is 17.1. The molecular formula is C40H69N3O9S. The first-order valence-corrected chi connectivity index (χ1v) is 21.0. The van der Waals surface area contributed by atoms with Gasteiger partial charge in [0.2, 0.25) is 10.0 Å². The Morgan fingerprint density at radius 1 is 1.06 bits per heavy atom. The van der Waals surface area contributed by atoms with E-state index in [1.54, 1.807) is 35.7 Å². The second-order valence-electron chi connectivity index (χ2n) is 17.1. The van der Waals surface area contributed by atoms with Gasteiger partial charge in [-0.2, -0.15) is 4.31 Å². The number of hydrogen-bond acceptors (Lipinski definition) is 11. The van der Waals surface area contributed by atoms with E-state index in [4.69, 9.17) is 23.7 Å². The van der Waals surface area contributed by atoms with E-state index in [1.165, 1.54) is 7.11 Å². The summed E-state index contributed by atoms with van der Waals surface area (Å²) in [5.74, 6) is 0.577. The number of hydrogen-bond donors (Lipinski definition) is 1. The van der Waals surface area contributed by atoms with Gasteiger partial charge < -0.3 is 33.7 Å². The maximum atomic E-state index is 13.9. The fourth-order valence-corrected chi connectivity index (χ4v) is 10.6. The molecule has 1 N–H and O–H groups in total. The molecule has 1 aromatic carbocycles. The van der Waals surface area contributed by atoms with E-state index in [-0.39, 0.29) is 53.4 Å². The van der Waals surface area contributed by atoms with Crippen LogP contribution in [0.1, 0.15) is 87.0 Å². The first-order chi connectivity index (χ1) is 24.8. The lowest BCUT2D eigenvalue weighted by Gasteiger charge is -2.47. The van der Waals surface area contributed by atoms with Gasteiger partial charge in [0.05, 0.1) is 35.2 Å².